The number of carbonyl (C=O) groups excluding carboxylic acids is 1. The maximum absolute atomic E-state index is 11.7. The van der Waals surface area contributed by atoms with Gasteiger partial charge < -0.3 is 9.84 Å². The third kappa shape index (κ3) is 4.67. The minimum Gasteiger partial charge on any atom is -0.481 e. The van der Waals surface area contributed by atoms with Gasteiger partial charge in [-0.2, -0.15) is 5.10 Å². The zero-order valence-electron chi connectivity index (χ0n) is 10.1. The molecule has 0 radical (unpaired) electrons. The van der Waals surface area contributed by atoms with Crippen LogP contribution in [0.4, 0.5) is 0 Å². The molecule has 1 heterocycles. The quantitative estimate of drug-likeness (QED) is 0.604. The number of hydrogen-bond acceptors (Lipinski definition) is 6. The van der Waals surface area contributed by atoms with Crippen molar-refractivity contribution in [2.75, 3.05) is 13.7 Å². The Morgan fingerprint density at radius 3 is 2.79 bits per heavy atom. The number of aliphatic carboxylic acids is 1. The number of nitrogens with one attached hydrogen (secondary N) is 1. The van der Waals surface area contributed by atoms with Crippen molar-refractivity contribution in [2.24, 2.45) is 0 Å². The third-order valence-electron chi connectivity index (χ3n) is 2.07. The minimum atomic E-state index is -3.83. The van der Waals surface area contributed by atoms with Crippen LogP contribution in [0.25, 0.3) is 0 Å². The van der Waals surface area contributed by atoms with Gasteiger partial charge in [0.1, 0.15) is 11.4 Å². The Balaban J connectivity index is 2.68. The van der Waals surface area contributed by atoms with Crippen LogP contribution in [0.2, 0.25) is 0 Å². The molecule has 1 aromatic rings. The molecule has 2 N–H and O–H groups in total. The van der Waals surface area contributed by atoms with Crippen LogP contribution in [0.1, 0.15) is 6.42 Å². The Morgan fingerprint density at radius 1 is 1.53 bits per heavy atom. The lowest BCUT2D eigenvalue weighted by Gasteiger charge is -2.02. The summed E-state index contributed by atoms with van der Waals surface area (Å²) in [6.07, 6.45) is 1.89. The third-order valence-corrected chi connectivity index (χ3v) is 3.49. The zero-order chi connectivity index (χ0) is 14.5. The highest BCUT2D eigenvalue weighted by atomic mass is 32.2. The van der Waals surface area contributed by atoms with E-state index in [-0.39, 0.29) is 24.4 Å². The first-order chi connectivity index (χ1) is 8.85. The van der Waals surface area contributed by atoms with Crippen molar-refractivity contribution in [2.45, 2.75) is 17.9 Å². The zero-order valence-corrected chi connectivity index (χ0v) is 10.9. The highest BCUT2D eigenvalue weighted by Crippen LogP contribution is 2.06. The van der Waals surface area contributed by atoms with E-state index in [1.165, 1.54) is 7.11 Å². The molecule has 9 nitrogen and oxygen atoms in total. The number of nitrogens with zero attached hydrogens (tertiary/aromatic N) is 2. The van der Waals surface area contributed by atoms with E-state index in [4.69, 9.17) is 5.11 Å². The molecule has 0 saturated heterocycles. The van der Waals surface area contributed by atoms with Crippen LogP contribution in [0.15, 0.2) is 17.3 Å². The van der Waals surface area contributed by atoms with Crippen LogP contribution < -0.4 is 4.72 Å². The molecule has 0 aliphatic carbocycles. The normalized spacial score (nSPS) is 11.2. The van der Waals surface area contributed by atoms with E-state index in [0.29, 0.717) is 0 Å². The number of ether oxygens (including phenoxy) is 1. The molecule has 0 amide bonds. The smallest absolute Gasteiger partial charge is 0.327 e. The number of hydrogen-bond donors (Lipinski definition) is 2. The fourth-order valence-corrected chi connectivity index (χ4v) is 2.13. The fraction of sp³-hybridized carbons (Fsp3) is 0.444. The number of carboxylic acids is 1. The van der Waals surface area contributed by atoms with Gasteiger partial charge in [-0.3, -0.25) is 14.3 Å². The van der Waals surface area contributed by atoms with E-state index in [1.54, 1.807) is 0 Å². The summed E-state index contributed by atoms with van der Waals surface area (Å²) in [5.74, 6) is -1.67. The minimum absolute atomic E-state index is 0.151. The summed E-state index contributed by atoms with van der Waals surface area (Å²) in [6.45, 7) is -0.430. The molecule has 0 unspecified atom stereocenters. The Bertz CT molecular complexity index is 564. The molecular formula is C9H13N3O6S. The van der Waals surface area contributed by atoms with Crippen molar-refractivity contribution < 1.29 is 27.9 Å². The molecule has 19 heavy (non-hydrogen) atoms. The number of rotatable bonds is 7. The first kappa shape index (κ1) is 15.1. The molecule has 1 rings (SSSR count). The van der Waals surface area contributed by atoms with Gasteiger partial charge in [-0.05, 0) is 0 Å². The summed E-state index contributed by atoms with van der Waals surface area (Å²) < 4.78 is 31.0. The molecule has 106 valence electrons. The second kappa shape index (κ2) is 6.29. The predicted octanol–water partition coefficient (Wildman–Crippen LogP) is -1.19. The SMILES string of the molecule is COC(=O)Cn1cc(S(=O)(=O)NCCC(=O)O)cn1. The standard InChI is InChI=1S/C9H13N3O6S/c1-18-9(15)6-12-5-7(4-10-12)19(16,17)11-3-2-8(13)14/h4-5,11H,2-3,6H2,1H3,(H,13,14). The lowest BCUT2D eigenvalue weighted by Crippen LogP contribution is -2.26. The van der Waals surface area contributed by atoms with Gasteiger partial charge in [0.05, 0.1) is 19.7 Å². The van der Waals surface area contributed by atoms with E-state index in [1.807, 2.05) is 0 Å². The summed E-state index contributed by atoms with van der Waals surface area (Å²) >= 11 is 0. The Kier molecular flexibility index (Phi) is 5.01. The summed E-state index contributed by atoms with van der Waals surface area (Å²) in [5.41, 5.74) is 0. The van der Waals surface area contributed by atoms with Gasteiger partial charge >= 0.3 is 11.9 Å². The van der Waals surface area contributed by atoms with Gasteiger partial charge in [0.2, 0.25) is 10.0 Å². The van der Waals surface area contributed by atoms with Crippen molar-refractivity contribution in [3.05, 3.63) is 12.4 Å². The van der Waals surface area contributed by atoms with Crippen molar-refractivity contribution in [1.82, 2.24) is 14.5 Å². The first-order valence-electron chi connectivity index (χ1n) is 5.16. The summed E-state index contributed by atoms with van der Waals surface area (Å²) in [4.78, 5) is 21.1. The van der Waals surface area contributed by atoms with Gasteiger partial charge in [-0.15, -0.1) is 0 Å². The number of carbonyl (C=O) groups is 2. The summed E-state index contributed by atoms with van der Waals surface area (Å²) in [7, 11) is -2.62. The maximum Gasteiger partial charge on any atom is 0.327 e. The van der Waals surface area contributed by atoms with Gasteiger partial charge in [0, 0.05) is 12.7 Å². The summed E-state index contributed by atoms with van der Waals surface area (Å²) in [5, 5.41) is 12.1. The monoisotopic (exact) mass is 291 g/mol. The molecule has 0 atom stereocenters. The fourth-order valence-electron chi connectivity index (χ4n) is 1.14. The molecular weight excluding hydrogens is 278 g/mol. The molecule has 0 aromatic carbocycles. The van der Waals surface area contributed by atoms with Crippen LogP contribution in [-0.4, -0.2) is 48.9 Å². The van der Waals surface area contributed by atoms with Crippen LogP contribution >= 0.6 is 0 Å². The summed E-state index contributed by atoms with van der Waals surface area (Å²) in [6, 6.07) is 0. The molecule has 0 spiro atoms. The molecule has 0 bridgehead atoms. The maximum atomic E-state index is 11.7. The van der Waals surface area contributed by atoms with Crippen LogP contribution in [0.3, 0.4) is 0 Å². The Hall–Kier alpha value is -1.94. The second-order valence-electron chi connectivity index (χ2n) is 3.49. The second-order valence-corrected chi connectivity index (χ2v) is 5.26. The van der Waals surface area contributed by atoms with Gasteiger partial charge in [-0.25, -0.2) is 13.1 Å². The number of methoxy groups -OCH3 is 1. The number of aromatic nitrogens is 2. The molecule has 0 aliphatic heterocycles. The largest absolute Gasteiger partial charge is 0.481 e. The molecule has 0 fully saturated rings. The predicted molar refractivity (Wildman–Crippen MR) is 61.7 cm³/mol. The van der Waals surface area contributed by atoms with E-state index >= 15 is 0 Å². The lowest BCUT2D eigenvalue weighted by molar-refractivity contribution is -0.141. The average Bonchev–Trinajstić information content (AvgIpc) is 2.77. The van der Waals surface area contributed by atoms with Gasteiger partial charge in [0.25, 0.3) is 0 Å². The van der Waals surface area contributed by atoms with Gasteiger partial charge in [-0.1, -0.05) is 0 Å². The van der Waals surface area contributed by atoms with E-state index in [2.05, 4.69) is 14.6 Å². The molecule has 1 aromatic heterocycles. The molecule has 10 heteroatoms. The van der Waals surface area contributed by atoms with Crippen molar-refractivity contribution in [3.63, 3.8) is 0 Å². The van der Waals surface area contributed by atoms with Crippen molar-refractivity contribution in [1.29, 1.82) is 0 Å². The van der Waals surface area contributed by atoms with E-state index in [0.717, 1.165) is 17.1 Å². The number of sulfonamides is 1. The molecule has 0 aliphatic rings. The Morgan fingerprint density at radius 2 is 2.21 bits per heavy atom. The average molecular weight is 291 g/mol. The Labute approximate surface area is 109 Å². The number of esters is 1. The first-order valence-corrected chi connectivity index (χ1v) is 6.64. The van der Waals surface area contributed by atoms with Crippen LogP contribution in [0.5, 0.6) is 0 Å². The van der Waals surface area contributed by atoms with E-state index < -0.39 is 22.0 Å². The van der Waals surface area contributed by atoms with Crippen molar-refractivity contribution >= 4 is 22.0 Å². The highest BCUT2D eigenvalue weighted by Gasteiger charge is 2.17. The molecule has 0 saturated carbocycles. The van der Waals surface area contributed by atoms with Gasteiger partial charge in [0.15, 0.2) is 0 Å². The topological polar surface area (TPSA) is 128 Å². The lowest BCUT2D eigenvalue weighted by atomic mass is 10.5. The van der Waals surface area contributed by atoms with Crippen LogP contribution in [-0.2, 0) is 30.9 Å². The highest BCUT2D eigenvalue weighted by molar-refractivity contribution is 7.89. The number of carboxylic acid groups (broad SMARTS) is 1. The van der Waals surface area contributed by atoms with Crippen molar-refractivity contribution in [3.8, 4) is 0 Å². The van der Waals surface area contributed by atoms with Crippen LogP contribution in [0, 0.1) is 0 Å². The van der Waals surface area contributed by atoms with E-state index in [9.17, 15) is 18.0 Å².